The predicted octanol–water partition coefficient (Wildman–Crippen LogP) is 5.30. The predicted molar refractivity (Wildman–Crippen MR) is 98.7 cm³/mol. The highest BCUT2D eigenvalue weighted by Crippen LogP contribution is 2.14. The van der Waals surface area contributed by atoms with Crippen LogP contribution < -0.4 is 0 Å². The van der Waals surface area contributed by atoms with E-state index in [4.69, 9.17) is 4.74 Å². The third-order valence-electron chi connectivity index (χ3n) is 4.04. The van der Waals surface area contributed by atoms with E-state index in [1.807, 2.05) is 30.3 Å². The molecule has 138 valence electrons. The van der Waals surface area contributed by atoms with E-state index in [2.05, 4.69) is 0 Å². The van der Waals surface area contributed by atoms with Crippen LogP contribution in [0.1, 0.15) is 16.7 Å². The average molecular weight is 367 g/mol. The fraction of sp³-hybridized carbons (Fsp3) is 0.136. The molecule has 0 saturated heterocycles. The first-order chi connectivity index (χ1) is 13.1. The molecule has 0 aromatic heterocycles. The number of amides is 1. The molecule has 1 amide bonds. The molecule has 0 unspecified atom stereocenters. The minimum absolute atomic E-state index is 0.0494. The molecule has 3 rings (SSSR count). The molecule has 3 nitrogen and oxygen atoms in total. The molecule has 0 spiro atoms. The fourth-order valence-electron chi connectivity index (χ4n) is 2.62. The summed E-state index contributed by atoms with van der Waals surface area (Å²) in [6.07, 6.45) is -0.493. The van der Waals surface area contributed by atoms with Crippen molar-refractivity contribution in [1.29, 1.82) is 0 Å². The summed E-state index contributed by atoms with van der Waals surface area (Å²) in [4.78, 5) is 14.2. The largest absolute Gasteiger partial charge is 0.445 e. The molecule has 0 fully saturated rings. The van der Waals surface area contributed by atoms with Crippen LogP contribution in [-0.4, -0.2) is 11.0 Å². The molecule has 0 atom stereocenters. The number of nitrogens with zero attached hydrogens (tertiary/aromatic N) is 1. The molecule has 27 heavy (non-hydrogen) atoms. The monoisotopic (exact) mass is 367 g/mol. The molecule has 0 bridgehead atoms. The van der Waals surface area contributed by atoms with E-state index in [0.717, 1.165) is 11.1 Å². The summed E-state index contributed by atoms with van der Waals surface area (Å²) >= 11 is 0. The Bertz CT molecular complexity index is 865. The van der Waals surface area contributed by atoms with Gasteiger partial charge in [-0.25, -0.2) is 13.6 Å². The number of carbonyl (C=O) groups is 1. The Morgan fingerprint density at radius 3 is 1.74 bits per heavy atom. The van der Waals surface area contributed by atoms with Crippen LogP contribution in [0.25, 0.3) is 0 Å². The second-order valence-electron chi connectivity index (χ2n) is 6.15. The first-order valence-corrected chi connectivity index (χ1v) is 8.55. The number of ether oxygens (including phenoxy) is 1. The second-order valence-corrected chi connectivity index (χ2v) is 6.15. The number of hydrogen-bond donors (Lipinski definition) is 0. The van der Waals surface area contributed by atoms with Gasteiger partial charge in [0.15, 0.2) is 0 Å². The number of halogens is 2. The lowest BCUT2D eigenvalue weighted by atomic mass is 10.2. The Hall–Kier alpha value is -3.21. The van der Waals surface area contributed by atoms with Gasteiger partial charge in [-0.1, -0.05) is 54.6 Å². The van der Waals surface area contributed by atoms with Crippen molar-refractivity contribution in [2.45, 2.75) is 19.7 Å². The summed E-state index contributed by atoms with van der Waals surface area (Å²) in [6.45, 7) is 0.700. The molecular weight excluding hydrogens is 348 g/mol. The summed E-state index contributed by atoms with van der Waals surface area (Å²) in [5.74, 6) is -0.667. The molecule has 5 heteroatoms. The van der Waals surface area contributed by atoms with Crippen molar-refractivity contribution in [3.8, 4) is 0 Å². The zero-order valence-corrected chi connectivity index (χ0v) is 14.6. The summed E-state index contributed by atoms with van der Waals surface area (Å²) < 4.78 is 31.5. The minimum atomic E-state index is -0.493. The Kier molecular flexibility index (Phi) is 6.15. The number of rotatable bonds is 6. The van der Waals surface area contributed by atoms with Crippen LogP contribution >= 0.6 is 0 Å². The van der Waals surface area contributed by atoms with Crippen molar-refractivity contribution in [2.24, 2.45) is 0 Å². The number of hydrogen-bond acceptors (Lipinski definition) is 2. The van der Waals surface area contributed by atoms with Gasteiger partial charge in [0.05, 0.1) is 0 Å². The van der Waals surface area contributed by atoms with E-state index in [1.54, 1.807) is 29.2 Å². The maximum absolute atomic E-state index is 13.1. The average Bonchev–Trinajstić information content (AvgIpc) is 2.69. The van der Waals surface area contributed by atoms with Gasteiger partial charge >= 0.3 is 6.09 Å². The van der Waals surface area contributed by atoms with E-state index < -0.39 is 6.09 Å². The normalized spacial score (nSPS) is 10.4. The van der Waals surface area contributed by atoms with Gasteiger partial charge in [-0.3, -0.25) is 4.90 Å². The summed E-state index contributed by atoms with van der Waals surface area (Å²) in [6, 6.07) is 21.3. The Morgan fingerprint density at radius 2 is 1.19 bits per heavy atom. The van der Waals surface area contributed by atoms with Gasteiger partial charge < -0.3 is 4.74 Å². The lowest BCUT2D eigenvalue weighted by Gasteiger charge is -2.22. The number of carbonyl (C=O) groups excluding carboxylic acids is 1. The minimum Gasteiger partial charge on any atom is -0.445 e. The highest BCUT2D eigenvalue weighted by atomic mass is 19.1. The third kappa shape index (κ3) is 5.64. The highest BCUT2D eigenvalue weighted by molar-refractivity contribution is 5.67. The SMILES string of the molecule is O=C(OCc1ccc(F)cc1)N(Cc1ccccc1)Cc1ccc(F)cc1. The van der Waals surface area contributed by atoms with Gasteiger partial charge in [-0.15, -0.1) is 0 Å². The zero-order valence-electron chi connectivity index (χ0n) is 14.6. The molecule has 3 aromatic carbocycles. The smallest absolute Gasteiger partial charge is 0.410 e. The molecule has 0 N–H and O–H groups in total. The summed E-state index contributed by atoms with van der Waals surface area (Å²) in [5, 5.41) is 0. The molecule has 0 saturated carbocycles. The quantitative estimate of drug-likeness (QED) is 0.591. The zero-order chi connectivity index (χ0) is 19.1. The summed E-state index contributed by atoms with van der Waals surface area (Å²) in [5.41, 5.74) is 2.45. The van der Waals surface area contributed by atoms with Crippen LogP contribution in [0, 0.1) is 11.6 Å². The summed E-state index contributed by atoms with van der Waals surface area (Å²) in [7, 11) is 0. The van der Waals surface area contributed by atoms with Crippen LogP contribution in [0.15, 0.2) is 78.9 Å². The van der Waals surface area contributed by atoms with Gasteiger partial charge in [0.25, 0.3) is 0 Å². The Balaban J connectivity index is 1.70. The topological polar surface area (TPSA) is 29.5 Å². The van der Waals surface area contributed by atoms with Crippen LogP contribution in [0.5, 0.6) is 0 Å². The van der Waals surface area contributed by atoms with E-state index in [1.165, 1.54) is 24.3 Å². The third-order valence-corrected chi connectivity index (χ3v) is 4.04. The van der Waals surface area contributed by atoms with Crippen LogP contribution in [0.4, 0.5) is 13.6 Å². The maximum atomic E-state index is 13.1. The Morgan fingerprint density at radius 1 is 0.704 bits per heavy atom. The van der Waals surface area contributed by atoms with Gasteiger partial charge in [0.1, 0.15) is 18.2 Å². The lowest BCUT2D eigenvalue weighted by molar-refractivity contribution is 0.0910. The molecule has 0 aliphatic rings. The first kappa shape index (κ1) is 18.6. The van der Waals surface area contributed by atoms with Crippen molar-refractivity contribution in [3.63, 3.8) is 0 Å². The molecule has 0 aliphatic heterocycles. The first-order valence-electron chi connectivity index (χ1n) is 8.55. The van der Waals surface area contributed by atoms with Gasteiger partial charge in [-0.05, 0) is 41.0 Å². The molecule has 0 heterocycles. The van der Waals surface area contributed by atoms with Crippen LogP contribution in [-0.2, 0) is 24.4 Å². The molecular formula is C22H19F2NO2. The van der Waals surface area contributed by atoms with Crippen molar-refractivity contribution in [3.05, 3.63) is 107 Å². The van der Waals surface area contributed by atoms with Gasteiger partial charge in [0.2, 0.25) is 0 Å². The Labute approximate surface area is 156 Å². The van der Waals surface area contributed by atoms with Crippen molar-refractivity contribution in [2.75, 3.05) is 0 Å². The lowest BCUT2D eigenvalue weighted by Crippen LogP contribution is -2.30. The molecule has 0 radical (unpaired) electrons. The van der Waals surface area contributed by atoms with Crippen LogP contribution in [0.2, 0.25) is 0 Å². The highest BCUT2D eigenvalue weighted by Gasteiger charge is 2.16. The van der Waals surface area contributed by atoms with E-state index in [0.29, 0.717) is 12.1 Å². The van der Waals surface area contributed by atoms with E-state index >= 15 is 0 Å². The molecule has 3 aromatic rings. The number of benzene rings is 3. The van der Waals surface area contributed by atoms with Crippen molar-refractivity contribution in [1.82, 2.24) is 4.90 Å². The van der Waals surface area contributed by atoms with Gasteiger partial charge in [-0.2, -0.15) is 0 Å². The van der Waals surface area contributed by atoms with Crippen molar-refractivity contribution < 1.29 is 18.3 Å². The second kappa shape index (κ2) is 8.94. The van der Waals surface area contributed by atoms with E-state index in [9.17, 15) is 13.6 Å². The standard InChI is InChI=1S/C22H19F2NO2/c23-20-10-6-18(7-11-20)15-25(14-17-4-2-1-3-5-17)22(26)27-16-19-8-12-21(24)13-9-19/h1-13H,14-16H2. The van der Waals surface area contributed by atoms with Crippen LogP contribution in [0.3, 0.4) is 0 Å². The van der Waals surface area contributed by atoms with E-state index in [-0.39, 0.29) is 24.8 Å². The maximum Gasteiger partial charge on any atom is 0.410 e. The van der Waals surface area contributed by atoms with Gasteiger partial charge in [0, 0.05) is 13.1 Å². The fourth-order valence-corrected chi connectivity index (χ4v) is 2.62. The molecule has 0 aliphatic carbocycles. The van der Waals surface area contributed by atoms with Crippen molar-refractivity contribution >= 4 is 6.09 Å².